The molecule has 1 aromatic rings. The molecule has 0 radical (unpaired) electrons. The van der Waals surface area contributed by atoms with Crippen LogP contribution in [0, 0.1) is 11.6 Å². The van der Waals surface area contributed by atoms with Gasteiger partial charge in [0.1, 0.15) is 18.2 Å². The molecule has 1 aromatic carbocycles. The first-order chi connectivity index (χ1) is 11.4. The van der Waals surface area contributed by atoms with Crippen molar-refractivity contribution in [3.8, 4) is 0 Å². The zero-order valence-corrected chi connectivity index (χ0v) is 13.2. The fraction of sp³-hybridized carbons (Fsp3) is 0.529. The number of halogens is 2. The Bertz CT molecular complexity index is 639. The van der Waals surface area contributed by atoms with Crippen LogP contribution in [-0.4, -0.2) is 40.5 Å². The molecular formula is C17H20F2N2O3. The monoisotopic (exact) mass is 338 g/mol. The van der Waals surface area contributed by atoms with Crippen LogP contribution in [0.15, 0.2) is 18.2 Å². The number of carbonyl (C=O) groups excluding carboxylic acids is 1. The van der Waals surface area contributed by atoms with E-state index in [1.54, 1.807) is 0 Å². The predicted octanol–water partition coefficient (Wildman–Crippen LogP) is 2.23. The van der Waals surface area contributed by atoms with Crippen LogP contribution in [0.3, 0.4) is 0 Å². The molecule has 7 heteroatoms. The van der Waals surface area contributed by atoms with Gasteiger partial charge >= 0.3 is 5.97 Å². The molecule has 130 valence electrons. The minimum Gasteiger partial charge on any atom is -0.480 e. The standard InChI is InChI=1S/C17H20F2N2O3/c18-12-6-11(7-13(19)8-12)14-9-20-17(4-2-1-3-5-17)16(24)21(14)10-15(22)23/h6-8,14,20H,1-5,9-10H2,(H,22,23)/t14-/m1/s1. The third-order valence-electron chi connectivity index (χ3n) is 4.96. The Morgan fingerprint density at radius 3 is 2.42 bits per heavy atom. The molecule has 2 N–H and O–H groups in total. The average Bonchev–Trinajstić information content (AvgIpc) is 2.52. The highest BCUT2D eigenvalue weighted by Gasteiger charge is 2.48. The van der Waals surface area contributed by atoms with Gasteiger partial charge in [0.2, 0.25) is 5.91 Å². The quantitative estimate of drug-likeness (QED) is 0.887. The summed E-state index contributed by atoms with van der Waals surface area (Å²) in [5.41, 5.74) is -0.476. The SMILES string of the molecule is O=C(O)CN1C(=O)C2(CCCCC2)NC[C@@H]1c1cc(F)cc(F)c1. The van der Waals surface area contributed by atoms with Crippen molar-refractivity contribution in [2.75, 3.05) is 13.1 Å². The minimum absolute atomic E-state index is 0.264. The first-order valence-electron chi connectivity index (χ1n) is 8.15. The number of nitrogens with one attached hydrogen (secondary N) is 1. The average molecular weight is 338 g/mol. The summed E-state index contributed by atoms with van der Waals surface area (Å²) in [4.78, 5) is 25.5. The van der Waals surface area contributed by atoms with E-state index in [2.05, 4.69) is 5.32 Å². The van der Waals surface area contributed by atoms with Gasteiger partial charge in [-0.1, -0.05) is 19.3 Å². The number of carbonyl (C=O) groups is 2. The smallest absolute Gasteiger partial charge is 0.323 e. The first kappa shape index (κ1) is 16.8. The van der Waals surface area contributed by atoms with E-state index in [9.17, 15) is 23.5 Å². The van der Waals surface area contributed by atoms with Crippen molar-refractivity contribution in [1.82, 2.24) is 10.2 Å². The zero-order valence-electron chi connectivity index (χ0n) is 13.2. The molecule has 0 aromatic heterocycles. The summed E-state index contributed by atoms with van der Waals surface area (Å²) in [6.45, 7) is -0.201. The van der Waals surface area contributed by atoms with Gasteiger partial charge in [-0.2, -0.15) is 0 Å². The fourth-order valence-corrected chi connectivity index (χ4v) is 3.83. The number of piperazine rings is 1. The lowest BCUT2D eigenvalue weighted by Crippen LogP contribution is -2.66. The van der Waals surface area contributed by atoms with E-state index in [1.807, 2.05) is 0 Å². The fourth-order valence-electron chi connectivity index (χ4n) is 3.83. The number of benzene rings is 1. The second kappa shape index (κ2) is 6.47. The Kier molecular flexibility index (Phi) is 4.54. The lowest BCUT2D eigenvalue weighted by Gasteiger charge is -2.48. The summed E-state index contributed by atoms with van der Waals surface area (Å²) in [5.74, 6) is -2.92. The molecule has 24 heavy (non-hydrogen) atoms. The molecule has 2 fully saturated rings. The Labute approximate surface area is 138 Å². The van der Waals surface area contributed by atoms with Gasteiger partial charge in [0.05, 0.1) is 11.6 Å². The highest BCUT2D eigenvalue weighted by atomic mass is 19.1. The van der Waals surface area contributed by atoms with Crippen LogP contribution in [0.1, 0.15) is 43.7 Å². The van der Waals surface area contributed by atoms with E-state index < -0.39 is 35.7 Å². The van der Waals surface area contributed by atoms with Crippen LogP contribution in [0.5, 0.6) is 0 Å². The lowest BCUT2D eigenvalue weighted by atomic mass is 9.78. The van der Waals surface area contributed by atoms with Gasteiger partial charge in [-0.3, -0.25) is 9.59 Å². The summed E-state index contributed by atoms with van der Waals surface area (Å²) in [7, 11) is 0. The molecule has 1 aliphatic heterocycles. The number of nitrogens with zero attached hydrogens (tertiary/aromatic N) is 1. The maximum Gasteiger partial charge on any atom is 0.323 e. The van der Waals surface area contributed by atoms with Crippen molar-refractivity contribution in [2.45, 2.75) is 43.7 Å². The molecule has 0 unspecified atom stereocenters. The van der Waals surface area contributed by atoms with E-state index in [4.69, 9.17) is 0 Å². The van der Waals surface area contributed by atoms with Crippen LogP contribution in [0.2, 0.25) is 0 Å². The number of carboxylic acids is 1. The number of hydrogen-bond donors (Lipinski definition) is 2. The Hall–Kier alpha value is -2.02. The summed E-state index contributed by atoms with van der Waals surface area (Å²) < 4.78 is 27.1. The largest absolute Gasteiger partial charge is 0.480 e. The van der Waals surface area contributed by atoms with Gasteiger partial charge < -0.3 is 15.3 Å². The second-order valence-corrected chi connectivity index (χ2v) is 6.57. The minimum atomic E-state index is -1.14. The Balaban J connectivity index is 1.94. The molecule has 1 saturated heterocycles. The Morgan fingerprint density at radius 1 is 1.21 bits per heavy atom. The van der Waals surface area contributed by atoms with E-state index in [-0.39, 0.29) is 18.0 Å². The van der Waals surface area contributed by atoms with Crippen molar-refractivity contribution in [1.29, 1.82) is 0 Å². The summed E-state index contributed by atoms with van der Waals surface area (Å²) in [6.07, 6.45) is 4.17. The molecule has 1 aliphatic carbocycles. The molecule has 3 rings (SSSR count). The van der Waals surface area contributed by atoms with Gasteiger partial charge in [-0.15, -0.1) is 0 Å². The van der Waals surface area contributed by atoms with Crippen LogP contribution in [0.25, 0.3) is 0 Å². The highest BCUT2D eigenvalue weighted by molar-refractivity contribution is 5.90. The number of aliphatic carboxylic acids is 1. The maximum atomic E-state index is 13.5. The third-order valence-corrected chi connectivity index (χ3v) is 4.96. The normalized spacial score (nSPS) is 23.5. The van der Waals surface area contributed by atoms with E-state index in [0.717, 1.165) is 37.5 Å². The summed E-state index contributed by atoms with van der Waals surface area (Å²) in [5, 5.41) is 12.4. The van der Waals surface area contributed by atoms with Gasteiger partial charge in [-0.25, -0.2) is 8.78 Å². The van der Waals surface area contributed by atoms with E-state index >= 15 is 0 Å². The van der Waals surface area contributed by atoms with Gasteiger partial charge in [0.15, 0.2) is 0 Å². The summed E-state index contributed by atoms with van der Waals surface area (Å²) >= 11 is 0. The van der Waals surface area contributed by atoms with Crippen molar-refractivity contribution >= 4 is 11.9 Å². The number of rotatable bonds is 3. The molecule has 0 bridgehead atoms. The second-order valence-electron chi connectivity index (χ2n) is 6.57. The zero-order chi connectivity index (χ0) is 17.3. The van der Waals surface area contributed by atoms with Gasteiger partial charge in [0, 0.05) is 12.6 Å². The molecule has 5 nitrogen and oxygen atoms in total. The first-order valence-corrected chi connectivity index (χ1v) is 8.15. The van der Waals surface area contributed by atoms with Gasteiger partial charge in [-0.05, 0) is 30.5 Å². The van der Waals surface area contributed by atoms with Crippen molar-refractivity contribution in [3.05, 3.63) is 35.4 Å². The number of hydrogen-bond acceptors (Lipinski definition) is 3. The molecule has 1 heterocycles. The topological polar surface area (TPSA) is 69.6 Å². The van der Waals surface area contributed by atoms with Crippen LogP contribution < -0.4 is 5.32 Å². The van der Waals surface area contributed by atoms with E-state index in [1.165, 1.54) is 4.90 Å². The molecule has 1 saturated carbocycles. The number of carboxylic acid groups (broad SMARTS) is 1. The van der Waals surface area contributed by atoms with Crippen LogP contribution in [-0.2, 0) is 9.59 Å². The van der Waals surface area contributed by atoms with Crippen molar-refractivity contribution < 1.29 is 23.5 Å². The lowest BCUT2D eigenvalue weighted by molar-refractivity contribution is -0.154. The number of amides is 1. The van der Waals surface area contributed by atoms with Crippen molar-refractivity contribution in [3.63, 3.8) is 0 Å². The Morgan fingerprint density at radius 2 is 1.83 bits per heavy atom. The van der Waals surface area contributed by atoms with Crippen molar-refractivity contribution in [2.24, 2.45) is 0 Å². The predicted molar refractivity (Wildman–Crippen MR) is 82.3 cm³/mol. The molecule has 1 amide bonds. The van der Waals surface area contributed by atoms with E-state index in [0.29, 0.717) is 12.8 Å². The molecule has 1 atom stereocenters. The molecule has 2 aliphatic rings. The van der Waals surface area contributed by atoms with Crippen LogP contribution >= 0.6 is 0 Å². The van der Waals surface area contributed by atoms with Crippen LogP contribution in [0.4, 0.5) is 8.78 Å². The third kappa shape index (κ3) is 3.13. The summed E-state index contributed by atoms with van der Waals surface area (Å²) in [6, 6.07) is 2.35. The van der Waals surface area contributed by atoms with Gasteiger partial charge in [0.25, 0.3) is 0 Å². The maximum absolute atomic E-state index is 13.5. The molecule has 1 spiro atoms. The highest BCUT2D eigenvalue weighted by Crippen LogP contribution is 2.36. The molecular weight excluding hydrogens is 318 g/mol.